The van der Waals surface area contributed by atoms with Crippen LogP contribution in [0.3, 0.4) is 0 Å². The molecule has 0 spiro atoms. The number of nitrogens with zero attached hydrogens (tertiary/aromatic N) is 2. The zero-order valence-corrected chi connectivity index (χ0v) is 17.8. The molecule has 2 heterocycles. The monoisotopic (exact) mass is 420 g/mol. The van der Waals surface area contributed by atoms with Gasteiger partial charge in [0.15, 0.2) is 0 Å². The number of sulfonamides is 1. The Balaban J connectivity index is 1.63. The van der Waals surface area contributed by atoms with Crippen molar-refractivity contribution in [3.8, 4) is 0 Å². The number of carbonyl (C=O) groups is 2. The average Bonchev–Trinajstić information content (AvgIpc) is 3.49. The summed E-state index contributed by atoms with van der Waals surface area (Å²) in [5.41, 5.74) is 1.69. The Morgan fingerprint density at radius 2 is 1.93 bits per heavy atom. The maximum Gasteiger partial charge on any atom is 0.324 e. The van der Waals surface area contributed by atoms with E-state index in [-0.39, 0.29) is 29.4 Å². The number of carbonyl (C=O) groups excluding carboxylic acids is 2. The average molecular weight is 421 g/mol. The van der Waals surface area contributed by atoms with E-state index < -0.39 is 22.0 Å². The van der Waals surface area contributed by atoms with Crippen LogP contribution >= 0.6 is 0 Å². The van der Waals surface area contributed by atoms with Gasteiger partial charge in [0.25, 0.3) is 0 Å². The molecule has 1 aliphatic carbocycles. The van der Waals surface area contributed by atoms with Gasteiger partial charge in [0.1, 0.15) is 6.04 Å². The fraction of sp³-hybridized carbons (Fsp3) is 0.619. The van der Waals surface area contributed by atoms with Gasteiger partial charge in [0.2, 0.25) is 15.9 Å². The van der Waals surface area contributed by atoms with Gasteiger partial charge in [0, 0.05) is 24.2 Å². The fourth-order valence-corrected chi connectivity index (χ4v) is 6.13. The molecule has 1 amide bonds. The minimum absolute atomic E-state index is 0.0262. The van der Waals surface area contributed by atoms with Gasteiger partial charge in [-0.2, -0.15) is 4.31 Å². The predicted octanol–water partition coefficient (Wildman–Crippen LogP) is 2.48. The maximum absolute atomic E-state index is 13.4. The molecule has 2 atom stereocenters. The minimum Gasteiger partial charge on any atom is -0.465 e. The molecule has 7 nitrogen and oxygen atoms in total. The lowest BCUT2D eigenvalue weighted by Gasteiger charge is -2.33. The van der Waals surface area contributed by atoms with Gasteiger partial charge in [0.05, 0.1) is 11.5 Å². The molecule has 2 aliphatic heterocycles. The highest BCUT2D eigenvalue weighted by atomic mass is 32.2. The Labute approximate surface area is 172 Å². The van der Waals surface area contributed by atoms with Crippen molar-refractivity contribution in [1.82, 2.24) is 4.31 Å². The van der Waals surface area contributed by atoms with Gasteiger partial charge < -0.3 is 9.64 Å². The van der Waals surface area contributed by atoms with E-state index in [1.807, 2.05) is 11.8 Å². The Hall–Kier alpha value is -1.93. The molecule has 1 aromatic carbocycles. The second kappa shape index (κ2) is 7.72. The summed E-state index contributed by atoms with van der Waals surface area (Å²) in [7, 11) is -3.83. The largest absolute Gasteiger partial charge is 0.465 e. The topological polar surface area (TPSA) is 84.0 Å². The lowest BCUT2D eigenvalue weighted by atomic mass is 10.1. The van der Waals surface area contributed by atoms with Gasteiger partial charge in [-0.25, -0.2) is 8.42 Å². The summed E-state index contributed by atoms with van der Waals surface area (Å²) in [4.78, 5) is 27.0. The molecule has 29 heavy (non-hydrogen) atoms. The molecule has 1 saturated heterocycles. The quantitative estimate of drug-likeness (QED) is 0.684. The van der Waals surface area contributed by atoms with E-state index in [9.17, 15) is 18.0 Å². The van der Waals surface area contributed by atoms with E-state index in [4.69, 9.17) is 4.74 Å². The van der Waals surface area contributed by atoms with E-state index in [2.05, 4.69) is 0 Å². The molecule has 3 aliphatic rings. The van der Waals surface area contributed by atoms with Crippen molar-refractivity contribution in [2.24, 2.45) is 5.92 Å². The van der Waals surface area contributed by atoms with Crippen molar-refractivity contribution in [2.75, 3.05) is 18.1 Å². The van der Waals surface area contributed by atoms with Crippen molar-refractivity contribution >= 4 is 27.6 Å². The number of amides is 1. The number of rotatable bonds is 5. The third kappa shape index (κ3) is 3.68. The lowest BCUT2D eigenvalue weighted by Crippen LogP contribution is -2.48. The van der Waals surface area contributed by atoms with Crippen LogP contribution in [0.4, 0.5) is 5.69 Å². The van der Waals surface area contributed by atoms with Crippen molar-refractivity contribution in [1.29, 1.82) is 0 Å². The van der Waals surface area contributed by atoms with Crippen LogP contribution in [0.25, 0.3) is 0 Å². The SMILES string of the molecule is CCOC(=O)[C@@H]1CCCCN1S(=O)(=O)c1ccc2c(c1)C[C@H](C)N2C(=O)C1CC1. The Kier molecular flexibility index (Phi) is 5.42. The Bertz CT molecular complexity index is 925. The van der Waals surface area contributed by atoms with Crippen molar-refractivity contribution < 1.29 is 22.7 Å². The molecule has 1 saturated carbocycles. The molecular formula is C21H28N2O5S. The lowest BCUT2D eigenvalue weighted by molar-refractivity contribution is -0.148. The third-order valence-electron chi connectivity index (χ3n) is 6.05. The number of esters is 1. The first kappa shape index (κ1) is 20.3. The third-order valence-corrected chi connectivity index (χ3v) is 7.95. The van der Waals surface area contributed by atoms with Crippen LogP contribution in [-0.2, 0) is 30.8 Å². The first-order chi connectivity index (χ1) is 13.8. The zero-order chi connectivity index (χ0) is 20.8. The summed E-state index contributed by atoms with van der Waals surface area (Å²) in [5, 5.41) is 0. The molecule has 0 N–H and O–H groups in total. The van der Waals surface area contributed by atoms with Crippen LogP contribution < -0.4 is 4.90 Å². The normalized spacial score (nSPS) is 25.0. The van der Waals surface area contributed by atoms with E-state index in [1.165, 1.54) is 4.31 Å². The number of fused-ring (bicyclic) bond motifs is 1. The number of anilines is 1. The van der Waals surface area contributed by atoms with Gasteiger partial charge in [-0.05, 0) is 76.1 Å². The summed E-state index contributed by atoms with van der Waals surface area (Å²) in [6.45, 7) is 4.25. The van der Waals surface area contributed by atoms with Gasteiger partial charge in [-0.15, -0.1) is 0 Å². The van der Waals surface area contributed by atoms with Crippen molar-refractivity contribution in [3.05, 3.63) is 23.8 Å². The van der Waals surface area contributed by atoms with Crippen LogP contribution in [0.1, 0.15) is 51.5 Å². The molecular weight excluding hydrogens is 392 g/mol. The smallest absolute Gasteiger partial charge is 0.324 e. The van der Waals surface area contributed by atoms with Gasteiger partial charge >= 0.3 is 5.97 Å². The van der Waals surface area contributed by atoms with Crippen molar-refractivity contribution in [3.63, 3.8) is 0 Å². The number of ether oxygens (including phenoxy) is 1. The maximum atomic E-state index is 13.4. The summed E-state index contributed by atoms with van der Waals surface area (Å²) < 4.78 is 33.1. The Morgan fingerprint density at radius 1 is 1.17 bits per heavy atom. The summed E-state index contributed by atoms with van der Waals surface area (Å²) in [6, 6.07) is 4.25. The number of hydrogen-bond donors (Lipinski definition) is 0. The van der Waals surface area contributed by atoms with Gasteiger partial charge in [-0.1, -0.05) is 0 Å². The second-order valence-corrected chi connectivity index (χ2v) is 10.1. The zero-order valence-electron chi connectivity index (χ0n) is 17.0. The first-order valence-electron chi connectivity index (χ1n) is 10.5. The molecule has 0 unspecified atom stereocenters. The molecule has 1 aromatic rings. The highest BCUT2D eigenvalue weighted by Crippen LogP contribution is 2.40. The summed E-state index contributed by atoms with van der Waals surface area (Å²) >= 11 is 0. The van der Waals surface area contributed by atoms with Crippen LogP contribution in [0.15, 0.2) is 23.1 Å². The molecule has 2 fully saturated rings. The highest BCUT2D eigenvalue weighted by Gasteiger charge is 2.41. The standard InChI is InChI=1S/C21H28N2O5S/c1-3-28-21(25)19-6-4-5-11-22(19)29(26,27)17-9-10-18-16(13-17)12-14(2)23(18)20(24)15-7-8-15/h9-10,13-15,19H,3-8,11-12H2,1-2H3/t14-,19-/m0/s1. The molecule has 8 heteroatoms. The number of piperidine rings is 1. The van der Waals surface area contributed by atoms with E-state index in [0.717, 1.165) is 36.9 Å². The fourth-order valence-electron chi connectivity index (χ4n) is 4.43. The second-order valence-electron chi connectivity index (χ2n) is 8.21. The molecule has 0 radical (unpaired) electrons. The predicted molar refractivity (Wildman–Crippen MR) is 108 cm³/mol. The van der Waals surface area contributed by atoms with Crippen LogP contribution in [0.2, 0.25) is 0 Å². The van der Waals surface area contributed by atoms with Crippen LogP contribution in [0, 0.1) is 5.92 Å². The van der Waals surface area contributed by atoms with Crippen molar-refractivity contribution in [2.45, 2.75) is 69.4 Å². The van der Waals surface area contributed by atoms with Crippen LogP contribution in [0.5, 0.6) is 0 Å². The van der Waals surface area contributed by atoms with E-state index in [1.54, 1.807) is 25.1 Å². The summed E-state index contributed by atoms with van der Waals surface area (Å²) in [6.07, 6.45) is 4.51. The van der Waals surface area contributed by atoms with Gasteiger partial charge in [-0.3, -0.25) is 9.59 Å². The minimum atomic E-state index is -3.83. The van der Waals surface area contributed by atoms with E-state index >= 15 is 0 Å². The van der Waals surface area contributed by atoms with E-state index in [0.29, 0.717) is 19.4 Å². The van der Waals surface area contributed by atoms with Crippen LogP contribution in [-0.4, -0.2) is 49.8 Å². The molecule has 0 aromatic heterocycles. The molecule has 4 rings (SSSR count). The highest BCUT2D eigenvalue weighted by molar-refractivity contribution is 7.89. The first-order valence-corrected chi connectivity index (χ1v) is 11.9. The number of hydrogen-bond acceptors (Lipinski definition) is 5. The molecule has 158 valence electrons. The summed E-state index contributed by atoms with van der Waals surface area (Å²) in [5.74, 6) is -0.220. The molecule has 0 bridgehead atoms. The Morgan fingerprint density at radius 3 is 2.62 bits per heavy atom. The number of benzene rings is 1.